The topological polar surface area (TPSA) is 93.6 Å². The second-order valence-corrected chi connectivity index (χ2v) is 4.83. The Bertz CT molecular complexity index is 736. The lowest BCUT2D eigenvalue weighted by molar-refractivity contribution is -0.153. The molecule has 2 aromatic rings. The summed E-state index contributed by atoms with van der Waals surface area (Å²) in [5.74, 6) is -0.690. The highest BCUT2D eigenvalue weighted by Gasteiger charge is 2.29. The van der Waals surface area contributed by atoms with Gasteiger partial charge in [-0.15, -0.1) is 0 Å². The van der Waals surface area contributed by atoms with E-state index in [-0.39, 0.29) is 23.7 Å². The van der Waals surface area contributed by atoms with Crippen molar-refractivity contribution >= 4 is 11.8 Å². The number of aromatic nitrogens is 2. The number of carboxylic acid groups (broad SMARTS) is 1. The maximum atomic E-state index is 12.2. The number of nitrogens with zero attached hydrogens (tertiary/aromatic N) is 2. The predicted molar refractivity (Wildman–Crippen MR) is 80.9 cm³/mol. The van der Waals surface area contributed by atoms with Gasteiger partial charge in [0.25, 0.3) is 0 Å². The molecule has 0 spiro atoms. The molecule has 2 rings (SSSR count). The van der Waals surface area contributed by atoms with Gasteiger partial charge in [-0.1, -0.05) is 6.07 Å². The van der Waals surface area contributed by atoms with Crippen LogP contribution < -0.4 is 14.8 Å². The van der Waals surface area contributed by atoms with Crippen LogP contribution in [0.3, 0.4) is 0 Å². The lowest BCUT2D eigenvalue weighted by atomic mass is 10.2. The minimum Gasteiger partial charge on any atom is -0.493 e. The van der Waals surface area contributed by atoms with Crippen LogP contribution in [0.4, 0.5) is 19.0 Å². The van der Waals surface area contributed by atoms with Gasteiger partial charge in [-0.05, 0) is 17.7 Å². The van der Waals surface area contributed by atoms with E-state index in [9.17, 15) is 18.0 Å². The first-order valence-electron chi connectivity index (χ1n) is 6.94. The number of nitrogens with one attached hydrogen (secondary N) is 1. The van der Waals surface area contributed by atoms with E-state index in [1.165, 1.54) is 25.4 Å². The Kier molecular flexibility index (Phi) is 5.63. The smallest absolute Gasteiger partial charge is 0.422 e. The summed E-state index contributed by atoms with van der Waals surface area (Å²) in [6.07, 6.45) is -2.06. The largest absolute Gasteiger partial charge is 0.493 e. The molecule has 0 radical (unpaired) electrons. The van der Waals surface area contributed by atoms with Crippen molar-refractivity contribution < 1.29 is 32.5 Å². The molecular weight excluding hydrogens is 343 g/mol. The first kappa shape index (κ1) is 18.3. The molecule has 7 nitrogen and oxygen atoms in total. The number of aromatic carboxylic acids is 1. The molecule has 0 saturated carbocycles. The van der Waals surface area contributed by atoms with Crippen molar-refractivity contribution in [3.63, 3.8) is 0 Å². The van der Waals surface area contributed by atoms with Gasteiger partial charge in [0.05, 0.1) is 19.5 Å². The van der Waals surface area contributed by atoms with E-state index in [4.69, 9.17) is 14.6 Å². The van der Waals surface area contributed by atoms with E-state index >= 15 is 0 Å². The van der Waals surface area contributed by atoms with Crippen molar-refractivity contribution in [3.8, 4) is 11.5 Å². The molecule has 0 aliphatic rings. The Labute approximate surface area is 140 Å². The molecule has 10 heteroatoms. The predicted octanol–water partition coefficient (Wildman–Crippen LogP) is 2.74. The number of alkyl halides is 3. The third kappa shape index (κ3) is 5.52. The van der Waals surface area contributed by atoms with Gasteiger partial charge < -0.3 is 19.9 Å². The molecule has 0 unspecified atom stereocenters. The molecule has 134 valence electrons. The summed E-state index contributed by atoms with van der Waals surface area (Å²) < 4.78 is 46.4. The first-order valence-corrected chi connectivity index (χ1v) is 6.94. The van der Waals surface area contributed by atoms with E-state index in [2.05, 4.69) is 15.3 Å². The van der Waals surface area contributed by atoms with Gasteiger partial charge in [-0.25, -0.2) is 14.8 Å². The summed E-state index contributed by atoms with van der Waals surface area (Å²) >= 11 is 0. The average molecular weight is 357 g/mol. The summed E-state index contributed by atoms with van der Waals surface area (Å²) in [6.45, 7) is -1.14. The summed E-state index contributed by atoms with van der Waals surface area (Å²) in [5.41, 5.74) is 0.513. The maximum Gasteiger partial charge on any atom is 0.422 e. The molecule has 0 aliphatic carbocycles. The van der Waals surface area contributed by atoms with Crippen molar-refractivity contribution in [2.45, 2.75) is 12.7 Å². The molecule has 0 amide bonds. The van der Waals surface area contributed by atoms with Gasteiger partial charge in [0.2, 0.25) is 0 Å². The number of methoxy groups -OCH3 is 1. The molecule has 0 fully saturated rings. The van der Waals surface area contributed by atoms with Gasteiger partial charge in [0.1, 0.15) is 5.82 Å². The minimum atomic E-state index is -4.44. The van der Waals surface area contributed by atoms with E-state index in [1.807, 2.05) is 0 Å². The average Bonchev–Trinajstić information content (AvgIpc) is 2.58. The molecule has 0 bridgehead atoms. The molecule has 2 N–H and O–H groups in total. The van der Waals surface area contributed by atoms with Crippen LogP contribution >= 0.6 is 0 Å². The second kappa shape index (κ2) is 7.69. The molecule has 0 aliphatic heterocycles. The molecule has 1 aromatic heterocycles. The van der Waals surface area contributed by atoms with Crippen molar-refractivity contribution in [1.82, 2.24) is 9.97 Å². The number of benzene rings is 1. The fraction of sp³-hybridized carbons (Fsp3) is 0.267. The fourth-order valence-corrected chi connectivity index (χ4v) is 1.82. The van der Waals surface area contributed by atoms with Crippen LogP contribution in [0.1, 0.15) is 16.1 Å². The number of anilines is 1. The quantitative estimate of drug-likeness (QED) is 0.787. The third-order valence-electron chi connectivity index (χ3n) is 2.96. The van der Waals surface area contributed by atoms with Crippen LogP contribution in [0.25, 0.3) is 0 Å². The Morgan fingerprint density at radius 1 is 1.24 bits per heavy atom. The highest BCUT2D eigenvalue weighted by atomic mass is 19.4. The molecule has 0 saturated heterocycles. The number of carboxylic acids is 1. The molecular formula is C15H14F3N3O4. The summed E-state index contributed by atoms with van der Waals surface area (Å²) in [5, 5.41) is 11.7. The molecule has 25 heavy (non-hydrogen) atoms. The number of ether oxygens (including phenoxy) is 2. The monoisotopic (exact) mass is 357 g/mol. The van der Waals surface area contributed by atoms with Crippen LogP contribution in [0, 0.1) is 0 Å². The van der Waals surface area contributed by atoms with Crippen molar-refractivity contribution in [3.05, 3.63) is 41.9 Å². The third-order valence-corrected chi connectivity index (χ3v) is 2.96. The van der Waals surface area contributed by atoms with Crippen molar-refractivity contribution in [2.24, 2.45) is 0 Å². The Balaban J connectivity index is 2.01. The van der Waals surface area contributed by atoms with Crippen molar-refractivity contribution in [2.75, 3.05) is 19.0 Å². The van der Waals surface area contributed by atoms with Gasteiger partial charge in [-0.2, -0.15) is 13.2 Å². The van der Waals surface area contributed by atoms with Gasteiger partial charge in [-0.3, -0.25) is 0 Å². The summed E-state index contributed by atoms with van der Waals surface area (Å²) in [4.78, 5) is 18.3. The number of carbonyl (C=O) groups is 1. The Morgan fingerprint density at radius 2 is 2.00 bits per heavy atom. The van der Waals surface area contributed by atoms with Crippen LogP contribution in [-0.4, -0.2) is 40.9 Å². The highest BCUT2D eigenvalue weighted by Crippen LogP contribution is 2.30. The second-order valence-electron chi connectivity index (χ2n) is 4.83. The summed E-state index contributed by atoms with van der Waals surface area (Å²) in [7, 11) is 1.32. The van der Waals surface area contributed by atoms with Crippen LogP contribution in [-0.2, 0) is 6.54 Å². The van der Waals surface area contributed by atoms with Crippen LogP contribution in [0.5, 0.6) is 11.5 Å². The zero-order chi connectivity index (χ0) is 18.4. The van der Waals surface area contributed by atoms with E-state index in [1.54, 1.807) is 6.07 Å². The lowest BCUT2D eigenvalue weighted by Crippen LogP contribution is -2.19. The molecule has 1 aromatic carbocycles. The standard InChI is InChI=1S/C15H14F3N3O4/c1-24-12-4-9(2-3-11(12)25-8-15(16,17)18)5-20-13-7-19-10(6-21-13)14(22)23/h2-4,6-7H,5,8H2,1H3,(H,20,21)(H,22,23). The molecule has 1 heterocycles. The van der Waals surface area contributed by atoms with Crippen LogP contribution in [0.15, 0.2) is 30.6 Å². The van der Waals surface area contributed by atoms with E-state index in [0.29, 0.717) is 11.4 Å². The minimum absolute atomic E-state index is 0.0193. The van der Waals surface area contributed by atoms with Gasteiger partial charge >= 0.3 is 12.1 Å². The Morgan fingerprint density at radius 3 is 2.56 bits per heavy atom. The fourth-order valence-electron chi connectivity index (χ4n) is 1.82. The SMILES string of the molecule is COc1cc(CNc2cnc(C(=O)O)cn2)ccc1OCC(F)(F)F. The number of hydrogen-bond acceptors (Lipinski definition) is 6. The van der Waals surface area contributed by atoms with Gasteiger partial charge in [0, 0.05) is 6.54 Å². The lowest BCUT2D eigenvalue weighted by Gasteiger charge is -2.14. The normalized spacial score (nSPS) is 11.0. The Hall–Kier alpha value is -3.04. The highest BCUT2D eigenvalue weighted by molar-refractivity contribution is 5.84. The number of halogens is 3. The zero-order valence-corrected chi connectivity index (χ0v) is 13.0. The summed E-state index contributed by atoms with van der Waals surface area (Å²) in [6, 6.07) is 4.47. The van der Waals surface area contributed by atoms with Gasteiger partial charge in [0.15, 0.2) is 23.8 Å². The zero-order valence-electron chi connectivity index (χ0n) is 13.0. The van der Waals surface area contributed by atoms with E-state index in [0.717, 1.165) is 6.20 Å². The van der Waals surface area contributed by atoms with E-state index < -0.39 is 18.8 Å². The first-order chi connectivity index (χ1) is 11.8. The van der Waals surface area contributed by atoms with Crippen molar-refractivity contribution in [1.29, 1.82) is 0 Å². The van der Waals surface area contributed by atoms with Crippen LogP contribution in [0.2, 0.25) is 0 Å². The number of rotatable bonds is 7. The molecule has 0 atom stereocenters. The number of hydrogen-bond donors (Lipinski definition) is 2. The maximum absolute atomic E-state index is 12.2.